The Bertz CT molecular complexity index is 1560. The number of aryl methyl sites for hydroxylation is 3. The summed E-state index contributed by atoms with van der Waals surface area (Å²) in [5.41, 5.74) is 4.80. The van der Waals surface area contributed by atoms with Crippen LogP contribution >= 0.6 is 0 Å². The Morgan fingerprint density at radius 2 is 1.70 bits per heavy atom. The van der Waals surface area contributed by atoms with Crippen LogP contribution in [0.2, 0.25) is 0 Å². The third-order valence-corrected chi connectivity index (χ3v) is 7.71. The summed E-state index contributed by atoms with van der Waals surface area (Å²) in [5.74, 6) is 1.39. The lowest BCUT2D eigenvalue weighted by Crippen LogP contribution is -2.48. The number of amides is 2. The molecule has 0 aliphatic carbocycles. The summed E-state index contributed by atoms with van der Waals surface area (Å²) in [4.78, 5) is 32.1. The number of carbonyl (C=O) groups excluding carboxylic acids is 2. The minimum absolute atomic E-state index is 0.0834. The number of aliphatic hydroxyl groups excluding tert-OH is 1. The van der Waals surface area contributed by atoms with Crippen molar-refractivity contribution < 1.29 is 33.3 Å². The van der Waals surface area contributed by atoms with Gasteiger partial charge in [0.2, 0.25) is 5.89 Å². The number of carbonyl (C=O) groups is 2. The lowest BCUT2D eigenvalue weighted by Gasteiger charge is -2.28. The molecule has 9 nitrogen and oxygen atoms in total. The summed E-state index contributed by atoms with van der Waals surface area (Å²) in [6.45, 7) is 8.04. The van der Waals surface area contributed by atoms with E-state index in [0.29, 0.717) is 36.7 Å². The molecule has 1 saturated heterocycles. The first kappa shape index (κ1) is 31.0. The highest BCUT2D eigenvalue weighted by atomic mass is 16.6. The van der Waals surface area contributed by atoms with E-state index in [1.54, 1.807) is 19.1 Å². The van der Waals surface area contributed by atoms with Gasteiger partial charge in [-0.2, -0.15) is 0 Å². The zero-order valence-electron chi connectivity index (χ0n) is 25.5. The van der Waals surface area contributed by atoms with Gasteiger partial charge in [0.1, 0.15) is 24.2 Å². The first-order chi connectivity index (χ1) is 21.3. The van der Waals surface area contributed by atoms with Crippen LogP contribution in [-0.4, -0.2) is 59.0 Å². The number of nitrogens with zero attached hydrogens (tertiary/aromatic N) is 2. The lowest BCUT2D eigenvalue weighted by molar-refractivity contribution is -0.149. The van der Waals surface area contributed by atoms with Gasteiger partial charge in [-0.25, -0.2) is 14.7 Å². The molecule has 4 aromatic rings. The Labute approximate surface area is 257 Å². The van der Waals surface area contributed by atoms with Crippen LogP contribution in [-0.2, 0) is 27.1 Å². The largest absolute Gasteiger partial charge is 0.493 e. The van der Waals surface area contributed by atoms with E-state index in [9.17, 15) is 14.7 Å². The number of benzene rings is 3. The van der Waals surface area contributed by atoms with Crippen molar-refractivity contribution in [1.29, 1.82) is 0 Å². The number of ether oxygens (including phenoxy) is 3. The van der Waals surface area contributed by atoms with Crippen molar-refractivity contribution in [2.45, 2.75) is 58.8 Å². The maximum Gasteiger partial charge on any atom is 0.417 e. The van der Waals surface area contributed by atoms with Gasteiger partial charge in [0, 0.05) is 18.6 Å². The Balaban J connectivity index is 1.27. The average Bonchev–Trinajstić information content (AvgIpc) is 3.58. The number of hydrogen-bond donors (Lipinski definition) is 1. The third kappa shape index (κ3) is 6.85. The molecule has 230 valence electrons. The Hall–Kier alpha value is -4.47. The van der Waals surface area contributed by atoms with E-state index in [2.05, 4.69) is 4.98 Å². The van der Waals surface area contributed by atoms with E-state index >= 15 is 0 Å². The Kier molecular flexibility index (Phi) is 9.77. The van der Waals surface area contributed by atoms with Crippen LogP contribution in [0.3, 0.4) is 0 Å². The van der Waals surface area contributed by atoms with Crippen molar-refractivity contribution in [2.24, 2.45) is 0 Å². The smallest absolute Gasteiger partial charge is 0.417 e. The van der Waals surface area contributed by atoms with Gasteiger partial charge in [-0.05, 0) is 80.6 Å². The van der Waals surface area contributed by atoms with Crippen molar-refractivity contribution in [2.75, 3.05) is 19.8 Å². The van der Waals surface area contributed by atoms with Gasteiger partial charge in [0.15, 0.2) is 6.10 Å². The lowest BCUT2D eigenvalue weighted by atomic mass is 9.97. The molecular formula is C35H38N2O7. The molecule has 1 N–H and O–H groups in total. The number of aliphatic hydroxyl groups is 1. The van der Waals surface area contributed by atoms with E-state index in [1.165, 1.54) is 0 Å². The summed E-state index contributed by atoms with van der Waals surface area (Å²) in [7, 11) is 0. The van der Waals surface area contributed by atoms with Crippen LogP contribution in [0.25, 0.3) is 11.5 Å². The highest BCUT2D eigenvalue weighted by Crippen LogP contribution is 2.32. The summed E-state index contributed by atoms with van der Waals surface area (Å²) < 4.78 is 23.0. The van der Waals surface area contributed by atoms with Crippen LogP contribution in [0.4, 0.5) is 4.79 Å². The molecule has 3 atom stereocenters. The van der Waals surface area contributed by atoms with Crippen LogP contribution in [0, 0.1) is 20.8 Å². The summed E-state index contributed by atoms with van der Waals surface area (Å²) in [5, 5.41) is 11.4. The number of imide groups is 1. The highest BCUT2D eigenvalue weighted by molar-refractivity contribution is 5.96. The van der Waals surface area contributed by atoms with Crippen molar-refractivity contribution in [3.05, 3.63) is 107 Å². The summed E-state index contributed by atoms with van der Waals surface area (Å²) in [6.07, 6.45) is -2.33. The van der Waals surface area contributed by atoms with Gasteiger partial charge in [-0.15, -0.1) is 0 Å². The first-order valence-electron chi connectivity index (χ1n) is 14.9. The van der Waals surface area contributed by atoms with Gasteiger partial charge in [0.05, 0.1) is 18.3 Å². The molecule has 0 saturated carbocycles. The number of rotatable bonds is 12. The Morgan fingerprint density at radius 3 is 2.36 bits per heavy atom. The second kappa shape index (κ2) is 13.9. The zero-order chi connectivity index (χ0) is 31.2. The van der Waals surface area contributed by atoms with Crippen LogP contribution in [0.1, 0.15) is 46.7 Å². The van der Waals surface area contributed by atoms with Crippen molar-refractivity contribution >= 4 is 12.0 Å². The minimum atomic E-state index is -1.31. The van der Waals surface area contributed by atoms with Crippen LogP contribution < -0.4 is 4.74 Å². The molecule has 1 aromatic heterocycles. The van der Waals surface area contributed by atoms with E-state index in [0.717, 1.165) is 38.6 Å². The maximum atomic E-state index is 13.7. The van der Waals surface area contributed by atoms with Crippen molar-refractivity contribution in [3.8, 4) is 17.2 Å². The molecular weight excluding hydrogens is 560 g/mol. The van der Waals surface area contributed by atoms with Gasteiger partial charge in [-0.3, -0.25) is 4.79 Å². The average molecular weight is 599 g/mol. The molecule has 44 heavy (non-hydrogen) atoms. The maximum absolute atomic E-state index is 13.7. The normalized spacial score (nSPS) is 16.1. The molecule has 0 unspecified atom stereocenters. The molecule has 1 fully saturated rings. The number of hydrogen-bond acceptors (Lipinski definition) is 8. The summed E-state index contributed by atoms with van der Waals surface area (Å²) in [6, 6.07) is 22.4. The number of aromatic nitrogens is 1. The second-order valence-corrected chi connectivity index (χ2v) is 10.9. The fraction of sp³-hybridized carbons (Fsp3) is 0.343. The fourth-order valence-electron chi connectivity index (χ4n) is 5.55. The molecule has 0 spiro atoms. The molecule has 2 amide bonds. The summed E-state index contributed by atoms with van der Waals surface area (Å²) >= 11 is 0. The van der Waals surface area contributed by atoms with Gasteiger partial charge >= 0.3 is 6.09 Å². The van der Waals surface area contributed by atoms with Crippen LogP contribution in [0.5, 0.6) is 5.75 Å². The Morgan fingerprint density at radius 1 is 1.05 bits per heavy atom. The van der Waals surface area contributed by atoms with E-state index < -0.39 is 30.3 Å². The first-order valence-corrected chi connectivity index (χ1v) is 14.9. The zero-order valence-corrected chi connectivity index (χ0v) is 25.5. The monoisotopic (exact) mass is 598 g/mol. The molecule has 9 heteroatoms. The molecule has 1 aliphatic heterocycles. The number of cyclic esters (lactones) is 1. The quantitative estimate of drug-likeness (QED) is 0.214. The van der Waals surface area contributed by atoms with Gasteiger partial charge in [0.25, 0.3) is 5.91 Å². The predicted molar refractivity (Wildman–Crippen MR) is 164 cm³/mol. The number of oxazole rings is 1. The standard InChI is InChI=1S/C35H38N2O7/c1-5-41-32(34(39)37-28(21-43-35(37)40)20-25-12-8-6-9-13-25)30(38)27-18-22(2)31(23(3)19-27)42-17-16-29-24(4)44-33(36-29)26-14-10-7-11-15-26/h6-15,18-19,28,30,32,38H,5,16-17,20-21H2,1-4H3/t28-,30+,32-/m0/s1. The topological polar surface area (TPSA) is 111 Å². The molecule has 0 radical (unpaired) electrons. The molecule has 5 rings (SSSR count). The molecule has 2 heterocycles. The molecule has 0 bridgehead atoms. The van der Waals surface area contributed by atoms with E-state index in [-0.39, 0.29) is 13.2 Å². The predicted octanol–water partition coefficient (Wildman–Crippen LogP) is 5.92. The molecule has 1 aliphatic rings. The second-order valence-electron chi connectivity index (χ2n) is 10.9. The van der Waals surface area contributed by atoms with Crippen LogP contribution in [0.15, 0.2) is 77.2 Å². The van der Waals surface area contributed by atoms with Gasteiger partial charge < -0.3 is 23.7 Å². The van der Waals surface area contributed by atoms with E-state index in [4.69, 9.17) is 18.6 Å². The van der Waals surface area contributed by atoms with Gasteiger partial charge in [-0.1, -0.05) is 48.5 Å². The van der Waals surface area contributed by atoms with Crippen molar-refractivity contribution in [3.63, 3.8) is 0 Å². The minimum Gasteiger partial charge on any atom is -0.493 e. The highest BCUT2D eigenvalue weighted by Gasteiger charge is 2.43. The molecule has 3 aromatic carbocycles. The van der Waals surface area contributed by atoms with E-state index in [1.807, 2.05) is 81.4 Å². The SMILES string of the molecule is CCO[C@H](C(=O)N1C(=O)OC[C@@H]1Cc1ccccc1)[C@H](O)c1cc(C)c(OCCc2nc(-c3ccccc3)oc2C)c(C)c1. The van der Waals surface area contributed by atoms with Crippen molar-refractivity contribution in [1.82, 2.24) is 9.88 Å². The third-order valence-electron chi connectivity index (χ3n) is 7.71. The fourth-order valence-corrected chi connectivity index (χ4v) is 5.55.